The van der Waals surface area contributed by atoms with Gasteiger partial charge in [-0.1, -0.05) is 11.8 Å². The van der Waals surface area contributed by atoms with Gasteiger partial charge in [0.1, 0.15) is 5.82 Å². The molecule has 0 aliphatic rings. The van der Waals surface area contributed by atoms with Crippen LogP contribution in [0, 0.1) is 15.9 Å². The molecule has 1 N–H and O–H groups in total. The monoisotopic (exact) mass is 293 g/mol. The Kier molecular flexibility index (Phi) is 3.99. The van der Waals surface area contributed by atoms with Crippen molar-refractivity contribution in [3.63, 3.8) is 0 Å². The average molecular weight is 293 g/mol. The molecule has 0 aliphatic heterocycles. The number of aromatic carboxylic acids is 1. The summed E-state index contributed by atoms with van der Waals surface area (Å²) in [4.78, 5) is 22.1. The van der Waals surface area contributed by atoms with Gasteiger partial charge in [-0.05, 0) is 30.3 Å². The highest BCUT2D eigenvalue weighted by molar-refractivity contribution is 7.99. The largest absolute Gasteiger partial charge is 0.478 e. The number of rotatable bonds is 4. The Morgan fingerprint density at radius 1 is 1.15 bits per heavy atom. The molecule has 0 aliphatic carbocycles. The van der Waals surface area contributed by atoms with E-state index < -0.39 is 22.3 Å². The molecule has 2 aromatic rings. The SMILES string of the molecule is O=C(O)c1cc(Sc2ccc([N+](=O)[O-])cc2)ccc1F. The first-order valence-electron chi connectivity index (χ1n) is 5.42. The smallest absolute Gasteiger partial charge is 0.338 e. The van der Waals surface area contributed by atoms with Crippen LogP contribution in [0.1, 0.15) is 10.4 Å². The van der Waals surface area contributed by atoms with Gasteiger partial charge in [0, 0.05) is 21.9 Å². The molecular formula is C13H8FNO4S. The van der Waals surface area contributed by atoms with Crippen molar-refractivity contribution >= 4 is 23.4 Å². The number of carboxylic acid groups (broad SMARTS) is 1. The van der Waals surface area contributed by atoms with Gasteiger partial charge < -0.3 is 5.11 Å². The second kappa shape index (κ2) is 5.70. The summed E-state index contributed by atoms with van der Waals surface area (Å²) >= 11 is 1.20. The lowest BCUT2D eigenvalue weighted by molar-refractivity contribution is -0.384. The molecule has 0 bridgehead atoms. The van der Waals surface area contributed by atoms with Crippen molar-refractivity contribution < 1.29 is 19.2 Å². The fourth-order valence-corrected chi connectivity index (χ4v) is 2.36. The zero-order chi connectivity index (χ0) is 14.7. The van der Waals surface area contributed by atoms with Crippen LogP contribution >= 0.6 is 11.8 Å². The Bertz CT molecular complexity index is 673. The number of carbonyl (C=O) groups is 1. The summed E-state index contributed by atoms with van der Waals surface area (Å²) in [5.41, 5.74) is -0.434. The Labute approximate surface area is 117 Å². The summed E-state index contributed by atoms with van der Waals surface area (Å²) in [6.45, 7) is 0. The molecule has 0 saturated carbocycles. The fraction of sp³-hybridized carbons (Fsp3) is 0. The first-order chi connectivity index (χ1) is 9.47. The number of hydrogen-bond donors (Lipinski definition) is 1. The molecule has 0 radical (unpaired) electrons. The first kappa shape index (κ1) is 14.0. The van der Waals surface area contributed by atoms with Gasteiger partial charge in [0.25, 0.3) is 5.69 Å². The summed E-state index contributed by atoms with van der Waals surface area (Å²) < 4.78 is 13.2. The lowest BCUT2D eigenvalue weighted by atomic mass is 10.2. The van der Waals surface area contributed by atoms with Crippen LogP contribution in [0.25, 0.3) is 0 Å². The molecule has 2 aromatic carbocycles. The van der Waals surface area contributed by atoms with E-state index in [9.17, 15) is 19.3 Å². The minimum atomic E-state index is -1.34. The normalized spacial score (nSPS) is 10.2. The van der Waals surface area contributed by atoms with Gasteiger partial charge in [-0.15, -0.1) is 0 Å². The van der Waals surface area contributed by atoms with E-state index in [0.717, 1.165) is 6.07 Å². The van der Waals surface area contributed by atoms with Gasteiger partial charge >= 0.3 is 5.97 Å². The van der Waals surface area contributed by atoms with Gasteiger partial charge in [0.2, 0.25) is 0 Å². The van der Waals surface area contributed by atoms with Crippen molar-refractivity contribution in [3.8, 4) is 0 Å². The number of nitro benzene ring substituents is 1. The maximum Gasteiger partial charge on any atom is 0.338 e. The molecule has 0 spiro atoms. The summed E-state index contributed by atoms with van der Waals surface area (Å²) in [5, 5.41) is 19.3. The van der Waals surface area contributed by atoms with Crippen molar-refractivity contribution in [2.75, 3.05) is 0 Å². The summed E-state index contributed by atoms with van der Waals surface area (Å²) in [5.74, 6) is -2.14. The number of halogens is 1. The minimum absolute atomic E-state index is 0.0281. The minimum Gasteiger partial charge on any atom is -0.478 e. The number of nitro groups is 1. The van der Waals surface area contributed by atoms with Crippen LogP contribution in [-0.2, 0) is 0 Å². The van der Waals surface area contributed by atoms with Crippen LogP contribution in [0.2, 0.25) is 0 Å². The highest BCUT2D eigenvalue weighted by atomic mass is 32.2. The van der Waals surface area contributed by atoms with Crippen molar-refractivity contribution in [2.24, 2.45) is 0 Å². The van der Waals surface area contributed by atoms with Gasteiger partial charge in [-0.25, -0.2) is 9.18 Å². The molecule has 20 heavy (non-hydrogen) atoms. The van der Waals surface area contributed by atoms with Crippen LogP contribution in [0.15, 0.2) is 52.3 Å². The van der Waals surface area contributed by atoms with Crippen molar-refractivity contribution in [2.45, 2.75) is 9.79 Å². The van der Waals surface area contributed by atoms with Gasteiger partial charge in [0.05, 0.1) is 10.5 Å². The van der Waals surface area contributed by atoms with Crippen LogP contribution < -0.4 is 0 Å². The van der Waals surface area contributed by atoms with Crippen molar-refractivity contribution in [3.05, 3.63) is 64.0 Å². The van der Waals surface area contributed by atoms with E-state index in [2.05, 4.69) is 0 Å². The maximum absolute atomic E-state index is 13.2. The van der Waals surface area contributed by atoms with E-state index in [4.69, 9.17) is 5.11 Å². The van der Waals surface area contributed by atoms with E-state index in [1.807, 2.05) is 0 Å². The summed E-state index contributed by atoms with van der Waals surface area (Å²) in [6, 6.07) is 9.56. The van der Waals surface area contributed by atoms with Crippen molar-refractivity contribution in [1.82, 2.24) is 0 Å². The van der Waals surface area contributed by atoms with Gasteiger partial charge in [-0.3, -0.25) is 10.1 Å². The molecule has 0 saturated heterocycles. The van der Waals surface area contributed by atoms with E-state index in [-0.39, 0.29) is 5.69 Å². The lowest BCUT2D eigenvalue weighted by Crippen LogP contribution is -2.00. The second-order valence-electron chi connectivity index (χ2n) is 3.80. The van der Waals surface area contributed by atoms with Gasteiger partial charge in [0.15, 0.2) is 0 Å². The zero-order valence-electron chi connectivity index (χ0n) is 9.95. The fourth-order valence-electron chi connectivity index (χ4n) is 1.50. The summed E-state index contributed by atoms with van der Waals surface area (Å²) in [7, 11) is 0. The molecule has 0 unspecified atom stereocenters. The topological polar surface area (TPSA) is 80.4 Å². The molecule has 0 heterocycles. The quantitative estimate of drug-likeness (QED) is 0.688. The highest BCUT2D eigenvalue weighted by Gasteiger charge is 2.12. The molecule has 0 fully saturated rings. The average Bonchev–Trinajstić information content (AvgIpc) is 2.41. The third-order valence-corrected chi connectivity index (χ3v) is 3.45. The Balaban J connectivity index is 2.23. The first-order valence-corrected chi connectivity index (χ1v) is 6.24. The number of nitrogens with zero attached hydrogens (tertiary/aromatic N) is 1. The third-order valence-electron chi connectivity index (χ3n) is 2.45. The number of hydrogen-bond acceptors (Lipinski definition) is 4. The highest BCUT2D eigenvalue weighted by Crippen LogP contribution is 2.30. The molecule has 0 amide bonds. The van der Waals surface area contributed by atoms with Crippen LogP contribution in [-0.4, -0.2) is 16.0 Å². The van der Waals surface area contributed by atoms with Crippen LogP contribution in [0.3, 0.4) is 0 Å². The van der Waals surface area contributed by atoms with E-state index in [0.29, 0.717) is 9.79 Å². The molecule has 102 valence electrons. The van der Waals surface area contributed by atoms with Crippen LogP contribution in [0.4, 0.5) is 10.1 Å². The molecule has 7 heteroatoms. The predicted molar refractivity (Wildman–Crippen MR) is 70.6 cm³/mol. The van der Waals surface area contributed by atoms with E-state index in [1.54, 1.807) is 12.1 Å². The molecule has 5 nitrogen and oxygen atoms in total. The Morgan fingerprint density at radius 2 is 1.75 bits per heavy atom. The number of non-ortho nitro benzene ring substituents is 1. The Hall–Kier alpha value is -2.41. The van der Waals surface area contributed by atoms with Crippen molar-refractivity contribution in [1.29, 1.82) is 0 Å². The lowest BCUT2D eigenvalue weighted by Gasteiger charge is -2.04. The summed E-state index contributed by atoms with van der Waals surface area (Å²) in [6.07, 6.45) is 0. The van der Waals surface area contributed by atoms with E-state index >= 15 is 0 Å². The number of carboxylic acids is 1. The Morgan fingerprint density at radius 3 is 2.30 bits per heavy atom. The standard InChI is InChI=1S/C13H8FNO4S/c14-12-6-5-10(7-11(12)13(16)17)20-9-3-1-8(2-4-9)15(18)19/h1-7H,(H,16,17). The molecular weight excluding hydrogens is 285 g/mol. The molecule has 0 atom stereocenters. The predicted octanol–water partition coefficient (Wildman–Crippen LogP) is 3.58. The third kappa shape index (κ3) is 3.12. The molecule has 0 aromatic heterocycles. The maximum atomic E-state index is 13.2. The number of benzene rings is 2. The van der Waals surface area contributed by atoms with Crippen LogP contribution in [0.5, 0.6) is 0 Å². The zero-order valence-corrected chi connectivity index (χ0v) is 10.8. The van der Waals surface area contributed by atoms with Gasteiger partial charge in [-0.2, -0.15) is 0 Å². The van der Waals surface area contributed by atoms with E-state index in [1.165, 1.54) is 36.0 Å². The molecule has 2 rings (SSSR count). The second-order valence-corrected chi connectivity index (χ2v) is 4.95.